The predicted molar refractivity (Wildman–Crippen MR) is 111 cm³/mol. The molecule has 0 bridgehead atoms. The second-order valence-electron chi connectivity index (χ2n) is 10.6. The Hall–Kier alpha value is -1.16. The number of fused-ring (bicyclic) bond motifs is 5. The molecule has 4 rings (SSSR count). The van der Waals surface area contributed by atoms with Crippen LogP contribution in [-0.2, 0) is 9.59 Å². The summed E-state index contributed by atoms with van der Waals surface area (Å²) in [5, 5.41) is 0. The molecule has 3 unspecified atom stereocenters. The lowest BCUT2D eigenvalue weighted by atomic mass is 9.47. The van der Waals surface area contributed by atoms with Gasteiger partial charge in [0.1, 0.15) is 5.78 Å². The Kier molecular flexibility index (Phi) is 5.01. The van der Waals surface area contributed by atoms with Crippen molar-refractivity contribution in [2.75, 3.05) is 13.6 Å². The largest absolute Gasteiger partial charge is 0.341 e. The Morgan fingerprint density at radius 1 is 1.14 bits per heavy atom. The SMILES string of the molecule is CC(=O)[C@H]1CCC2C3CC=C4C[C@H](N(C)C(=O)CN)CC[C@]4(C)C3CC[C@@]21C. The topological polar surface area (TPSA) is 63.4 Å². The number of allylic oxidation sites excluding steroid dienone is 1. The third-order valence-corrected chi connectivity index (χ3v) is 9.68. The second-order valence-corrected chi connectivity index (χ2v) is 10.6. The number of carbonyl (C=O) groups excluding carboxylic acids is 2. The Morgan fingerprint density at radius 2 is 1.89 bits per heavy atom. The lowest BCUT2D eigenvalue weighted by Crippen LogP contribution is -2.52. The summed E-state index contributed by atoms with van der Waals surface area (Å²) in [5.74, 6) is 2.93. The second kappa shape index (κ2) is 6.97. The molecule has 0 aliphatic heterocycles. The molecule has 7 atom stereocenters. The Morgan fingerprint density at radius 3 is 2.57 bits per heavy atom. The van der Waals surface area contributed by atoms with Crippen LogP contribution in [0.4, 0.5) is 0 Å². The van der Waals surface area contributed by atoms with Gasteiger partial charge in [-0.15, -0.1) is 0 Å². The van der Waals surface area contributed by atoms with Crippen LogP contribution < -0.4 is 5.73 Å². The lowest BCUT2D eigenvalue weighted by Gasteiger charge is -2.58. The van der Waals surface area contributed by atoms with Crippen LogP contribution in [-0.4, -0.2) is 36.2 Å². The first kappa shape index (κ1) is 20.1. The number of Topliss-reactive ketones (excluding diaryl/α,β-unsaturated/α-hetero) is 1. The van der Waals surface area contributed by atoms with Gasteiger partial charge in [0.2, 0.25) is 5.91 Å². The van der Waals surface area contributed by atoms with Gasteiger partial charge >= 0.3 is 0 Å². The van der Waals surface area contributed by atoms with E-state index in [1.165, 1.54) is 32.1 Å². The zero-order chi connectivity index (χ0) is 20.3. The molecule has 3 fully saturated rings. The number of ketones is 1. The van der Waals surface area contributed by atoms with Gasteiger partial charge in [0, 0.05) is 19.0 Å². The molecule has 0 aromatic carbocycles. The van der Waals surface area contributed by atoms with E-state index in [1.54, 1.807) is 5.57 Å². The zero-order valence-electron chi connectivity index (χ0n) is 18.2. The van der Waals surface area contributed by atoms with Crippen LogP contribution in [0.5, 0.6) is 0 Å². The van der Waals surface area contributed by atoms with E-state index < -0.39 is 0 Å². The molecule has 0 heterocycles. The van der Waals surface area contributed by atoms with Crippen molar-refractivity contribution in [3.63, 3.8) is 0 Å². The summed E-state index contributed by atoms with van der Waals surface area (Å²) in [5.41, 5.74) is 7.68. The first-order valence-corrected chi connectivity index (χ1v) is 11.4. The van der Waals surface area contributed by atoms with Crippen LogP contribution in [0.15, 0.2) is 11.6 Å². The highest BCUT2D eigenvalue weighted by Crippen LogP contribution is 2.66. The number of hydrogen-bond acceptors (Lipinski definition) is 3. The highest BCUT2D eigenvalue weighted by molar-refractivity contribution is 5.79. The van der Waals surface area contributed by atoms with Crippen molar-refractivity contribution in [3.8, 4) is 0 Å². The van der Waals surface area contributed by atoms with Gasteiger partial charge in [0.05, 0.1) is 6.54 Å². The van der Waals surface area contributed by atoms with Gasteiger partial charge in [0.15, 0.2) is 0 Å². The van der Waals surface area contributed by atoms with Crippen molar-refractivity contribution >= 4 is 11.7 Å². The average Bonchev–Trinajstić information content (AvgIpc) is 3.03. The van der Waals surface area contributed by atoms with Gasteiger partial charge in [0.25, 0.3) is 0 Å². The summed E-state index contributed by atoms with van der Waals surface area (Å²) in [7, 11) is 1.92. The molecule has 0 spiro atoms. The summed E-state index contributed by atoms with van der Waals surface area (Å²) in [4.78, 5) is 26.3. The van der Waals surface area contributed by atoms with Gasteiger partial charge in [-0.2, -0.15) is 0 Å². The number of nitrogens with zero attached hydrogens (tertiary/aromatic N) is 1. The smallest absolute Gasteiger partial charge is 0.236 e. The van der Waals surface area contributed by atoms with Crippen LogP contribution >= 0.6 is 0 Å². The fourth-order valence-corrected chi connectivity index (χ4v) is 7.99. The van der Waals surface area contributed by atoms with E-state index in [9.17, 15) is 9.59 Å². The van der Waals surface area contributed by atoms with Crippen molar-refractivity contribution in [2.45, 2.75) is 78.2 Å². The fourth-order valence-electron chi connectivity index (χ4n) is 7.99. The van der Waals surface area contributed by atoms with E-state index in [4.69, 9.17) is 5.73 Å². The van der Waals surface area contributed by atoms with Crippen molar-refractivity contribution in [1.29, 1.82) is 0 Å². The number of amides is 1. The van der Waals surface area contributed by atoms with E-state index in [1.807, 2.05) is 18.9 Å². The van der Waals surface area contributed by atoms with E-state index >= 15 is 0 Å². The molecule has 4 heteroatoms. The minimum absolute atomic E-state index is 0.0533. The molecule has 2 N–H and O–H groups in total. The molecule has 3 saturated carbocycles. The molecule has 1 amide bonds. The normalized spacial score (nSPS) is 44.8. The summed E-state index contributed by atoms with van der Waals surface area (Å²) in [6.07, 6.45) is 11.8. The van der Waals surface area contributed by atoms with Crippen molar-refractivity contribution < 1.29 is 9.59 Å². The van der Waals surface area contributed by atoms with Crippen LogP contribution in [0, 0.1) is 34.5 Å². The monoisotopic (exact) mass is 386 g/mol. The highest BCUT2D eigenvalue weighted by Gasteiger charge is 2.59. The van der Waals surface area contributed by atoms with Crippen molar-refractivity contribution in [3.05, 3.63) is 11.6 Å². The maximum Gasteiger partial charge on any atom is 0.236 e. The minimum atomic E-state index is 0.0533. The summed E-state index contributed by atoms with van der Waals surface area (Å²) < 4.78 is 0. The standard InChI is InChI=1S/C24H38N2O2/c1-15(27)19-7-8-20-18-6-5-16-13-17(26(4)22(28)14-25)9-11-23(16,2)21(18)10-12-24(19,20)3/h5,17-21H,6-14,25H2,1-4H3/t17-,18?,19-,20?,21?,23+,24-/m1/s1. The molecule has 28 heavy (non-hydrogen) atoms. The molecule has 4 aliphatic rings. The Balaban J connectivity index is 1.57. The molecule has 4 nitrogen and oxygen atoms in total. The van der Waals surface area contributed by atoms with Gasteiger partial charge in [-0.25, -0.2) is 0 Å². The number of carbonyl (C=O) groups is 2. The highest BCUT2D eigenvalue weighted by atomic mass is 16.2. The van der Waals surface area contributed by atoms with E-state index in [0.29, 0.717) is 17.7 Å². The fraction of sp³-hybridized carbons (Fsp3) is 0.833. The van der Waals surface area contributed by atoms with Crippen LogP contribution in [0.2, 0.25) is 0 Å². The van der Waals surface area contributed by atoms with E-state index in [0.717, 1.165) is 31.1 Å². The molecular weight excluding hydrogens is 348 g/mol. The summed E-state index contributed by atoms with van der Waals surface area (Å²) in [6.45, 7) is 6.83. The Labute approximate surface area is 170 Å². The van der Waals surface area contributed by atoms with Crippen LogP contribution in [0.25, 0.3) is 0 Å². The average molecular weight is 387 g/mol. The number of rotatable bonds is 3. The first-order valence-electron chi connectivity index (χ1n) is 11.4. The van der Waals surface area contributed by atoms with Crippen molar-refractivity contribution in [1.82, 2.24) is 4.90 Å². The number of hydrogen-bond donors (Lipinski definition) is 1. The van der Waals surface area contributed by atoms with Crippen LogP contribution in [0.3, 0.4) is 0 Å². The van der Waals surface area contributed by atoms with E-state index in [2.05, 4.69) is 19.9 Å². The lowest BCUT2D eigenvalue weighted by molar-refractivity contribution is -0.132. The number of nitrogens with two attached hydrogens (primary N) is 1. The maximum atomic E-state index is 12.3. The van der Waals surface area contributed by atoms with E-state index in [-0.39, 0.29) is 29.2 Å². The molecule has 0 aromatic heterocycles. The Bertz CT molecular complexity index is 701. The quantitative estimate of drug-likeness (QED) is 0.747. The third kappa shape index (κ3) is 2.81. The molecule has 4 aliphatic carbocycles. The predicted octanol–water partition coefficient (Wildman–Crippen LogP) is 3.94. The molecular formula is C24H38N2O2. The molecule has 0 aromatic rings. The maximum absolute atomic E-state index is 12.3. The number of likely N-dealkylation sites (N-methyl/N-ethyl adjacent to an activating group) is 1. The van der Waals surface area contributed by atoms with Gasteiger partial charge in [-0.3, -0.25) is 9.59 Å². The summed E-state index contributed by atoms with van der Waals surface area (Å²) in [6, 6.07) is 0.300. The van der Waals surface area contributed by atoms with Gasteiger partial charge in [-0.1, -0.05) is 25.5 Å². The van der Waals surface area contributed by atoms with Gasteiger partial charge in [-0.05, 0) is 86.9 Å². The third-order valence-electron chi connectivity index (χ3n) is 9.68. The summed E-state index contributed by atoms with van der Waals surface area (Å²) >= 11 is 0. The minimum Gasteiger partial charge on any atom is -0.341 e. The molecule has 0 radical (unpaired) electrons. The van der Waals surface area contributed by atoms with Crippen LogP contribution in [0.1, 0.15) is 72.1 Å². The first-order chi connectivity index (χ1) is 13.2. The molecule has 156 valence electrons. The van der Waals surface area contributed by atoms with Gasteiger partial charge < -0.3 is 10.6 Å². The zero-order valence-corrected chi connectivity index (χ0v) is 18.2. The molecule has 0 saturated heterocycles. The van der Waals surface area contributed by atoms with Crippen molar-refractivity contribution in [2.24, 2.45) is 40.2 Å².